The summed E-state index contributed by atoms with van der Waals surface area (Å²) < 4.78 is 6.66. The molecule has 0 spiro atoms. The first kappa shape index (κ1) is 26.1. The van der Waals surface area contributed by atoms with Gasteiger partial charge in [-0.3, -0.25) is 0 Å². The van der Waals surface area contributed by atoms with Crippen molar-refractivity contribution in [2.45, 2.75) is 132 Å². The molecule has 1 heterocycles. The highest BCUT2D eigenvalue weighted by Gasteiger charge is 2.33. The van der Waals surface area contributed by atoms with Gasteiger partial charge in [0.15, 0.2) is 0 Å². The molecule has 2 nitrogen and oxygen atoms in total. The van der Waals surface area contributed by atoms with Crippen LogP contribution < -0.4 is 10.5 Å². The molecule has 0 saturated heterocycles. The summed E-state index contributed by atoms with van der Waals surface area (Å²) in [5.74, 6) is 3.70. The van der Waals surface area contributed by atoms with Gasteiger partial charge in [-0.1, -0.05) is 72.6 Å². The molecule has 1 aromatic carbocycles. The molecule has 0 radical (unpaired) electrons. The topological polar surface area (TPSA) is 35.2 Å². The lowest BCUT2D eigenvalue weighted by molar-refractivity contribution is 0.0514. The number of ether oxygens (including phenoxy) is 1. The number of rotatable bonds is 12. The molecule has 2 rings (SSSR count). The van der Waals surface area contributed by atoms with Crippen LogP contribution in [0.5, 0.6) is 5.75 Å². The van der Waals surface area contributed by atoms with Gasteiger partial charge in [-0.2, -0.15) is 0 Å². The summed E-state index contributed by atoms with van der Waals surface area (Å²) in [7, 11) is 0. The fraction of sp³-hybridized carbons (Fsp3) is 0.793. The van der Waals surface area contributed by atoms with Crippen molar-refractivity contribution in [1.29, 1.82) is 0 Å². The molecule has 2 N–H and O–H groups in total. The van der Waals surface area contributed by atoms with E-state index in [-0.39, 0.29) is 5.60 Å². The molecule has 1 aliphatic rings. The van der Waals surface area contributed by atoms with Crippen LogP contribution in [0, 0.1) is 38.5 Å². The molecule has 0 bridgehead atoms. The number of nitrogens with two attached hydrogens (primary N) is 1. The maximum absolute atomic E-state index is 6.66. The van der Waals surface area contributed by atoms with Crippen LogP contribution in [0.1, 0.15) is 121 Å². The van der Waals surface area contributed by atoms with Gasteiger partial charge in [0.1, 0.15) is 11.4 Å². The van der Waals surface area contributed by atoms with E-state index in [0.717, 1.165) is 48.5 Å². The van der Waals surface area contributed by atoms with Crippen LogP contribution in [0.25, 0.3) is 0 Å². The van der Waals surface area contributed by atoms with Crippen molar-refractivity contribution in [3.8, 4) is 5.75 Å². The van der Waals surface area contributed by atoms with Crippen LogP contribution in [0.4, 0.5) is 5.69 Å². The fourth-order valence-corrected chi connectivity index (χ4v) is 5.32. The summed E-state index contributed by atoms with van der Waals surface area (Å²) in [4.78, 5) is 0. The van der Waals surface area contributed by atoms with E-state index in [0.29, 0.717) is 0 Å². The minimum absolute atomic E-state index is 0.0304. The Kier molecular flexibility index (Phi) is 9.77. The minimum atomic E-state index is -0.0304. The van der Waals surface area contributed by atoms with E-state index in [9.17, 15) is 0 Å². The van der Waals surface area contributed by atoms with Gasteiger partial charge in [-0.05, 0) is 93.4 Å². The zero-order valence-corrected chi connectivity index (χ0v) is 22.0. The van der Waals surface area contributed by atoms with Gasteiger partial charge in [0.25, 0.3) is 0 Å². The highest BCUT2D eigenvalue weighted by Crippen LogP contribution is 2.43. The monoisotopic (exact) mass is 429 g/mol. The highest BCUT2D eigenvalue weighted by molar-refractivity contribution is 5.65. The van der Waals surface area contributed by atoms with Gasteiger partial charge in [-0.15, -0.1) is 0 Å². The zero-order valence-electron chi connectivity index (χ0n) is 22.0. The Labute approximate surface area is 193 Å². The molecule has 3 atom stereocenters. The van der Waals surface area contributed by atoms with Gasteiger partial charge in [0.2, 0.25) is 0 Å². The second kappa shape index (κ2) is 11.6. The van der Waals surface area contributed by atoms with E-state index >= 15 is 0 Å². The summed E-state index contributed by atoms with van der Waals surface area (Å²) in [5, 5.41) is 0. The van der Waals surface area contributed by atoms with Crippen molar-refractivity contribution in [3.63, 3.8) is 0 Å². The van der Waals surface area contributed by atoms with Crippen molar-refractivity contribution in [3.05, 3.63) is 22.3 Å². The lowest BCUT2D eigenvalue weighted by Crippen LogP contribution is -2.37. The van der Waals surface area contributed by atoms with Crippen molar-refractivity contribution in [2.24, 2.45) is 17.8 Å². The van der Waals surface area contributed by atoms with Crippen molar-refractivity contribution in [1.82, 2.24) is 0 Å². The lowest BCUT2D eigenvalue weighted by Gasteiger charge is -2.38. The molecule has 31 heavy (non-hydrogen) atoms. The average Bonchev–Trinajstić information content (AvgIpc) is 2.70. The predicted octanol–water partition coefficient (Wildman–Crippen LogP) is 8.72. The summed E-state index contributed by atoms with van der Waals surface area (Å²) in [6.45, 7) is 18.3. The Morgan fingerprint density at radius 1 is 0.806 bits per heavy atom. The maximum Gasteiger partial charge on any atom is 0.126 e. The first-order valence-corrected chi connectivity index (χ1v) is 13.1. The molecule has 1 aromatic rings. The number of hydrogen-bond acceptors (Lipinski definition) is 2. The number of anilines is 1. The quantitative estimate of drug-likeness (QED) is 0.337. The second-order valence-electron chi connectivity index (χ2n) is 11.5. The summed E-state index contributed by atoms with van der Waals surface area (Å²) in [5.41, 5.74) is 12.2. The molecular weight excluding hydrogens is 378 g/mol. The molecule has 2 heteroatoms. The van der Waals surface area contributed by atoms with Gasteiger partial charge in [0, 0.05) is 5.69 Å². The number of nitrogen functional groups attached to an aromatic ring is 1. The molecule has 0 fully saturated rings. The van der Waals surface area contributed by atoms with Gasteiger partial charge in [0.05, 0.1) is 0 Å². The molecule has 0 saturated carbocycles. The Bertz CT molecular complexity index is 707. The summed E-state index contributed by atoms with van der Waals surface area (Å²) >= 11 is 0. The fourth-order valence-electron chi connectivity index (χ4n) is 5.32. The maximum atomic E-state index is 6.66. The third-order valence-electron chi connectivity index (χ3n) is 7.96. The summed E-state index contributed by atoms with van der Waals surface area (Å²) in [6, 6.07) is 0. The van der Waals surface area contributed by atoms with E-state index in [4.69, 9.17) is 10.5 Å². The van der Waals surface area contributed by atoms with E-state index in [1.165, 1.54) is 73.6 Å². The molecule has 0 aromatic heterocycles. The minimum Gasteiger partial charge on any atom is -0.487 e. The van der Waals surface area contributed by atoms with Crippen LogP contribution in [0.2, 0.25) is 0 Å². The van der Waals surface area contributed by atoms with E-state index in [2.05, 4.69) is 55.4 Å². The zero-order chi connectivity index (χ0) is 23.2. The third kappa shape index (κ3) is 7.43. The predicted molar refractivity (Wildman–Crippen MR) is 137 cm³/mol. The number of hydrogen-bond donors (Lipinski definition) is 1. The Morgan fingerprint density at radius 3 is 1.94 bits per heavy atom. The second-order valence-corrected chi connectivity index (χ2v) is 11.5. The molecule has 0 unspecified atom stereocenters. The van der Waals surface area contributed by atoms with Crippen LogP contribution in [0.15, 0.2) is 0 Å². The smallest absolute Gasteiger partial charge is 0.126 e. The van der Waals surface area contributed by atoms with E-state index in [1.54, 1.807) is 0 Å². The largest absolute Gasteiger partial charge is 0.487 e. The number of fused-ring (bicyclic) bond motifs is 1. The van der Waals surface area contributed by atoms with Gasteiger partial charge in [-0.25, -0.2) is 0 Å². The molecule has 1 aliphatic heterocycles. The normalized spacial score (nSPS) is 20.4. The van der Waals surface area contributed by atoms with Crippen LogP contribution in [-0.4, -0.2) is 5.60 Å². The summed E-state index contributed by atoms with van der Waals surface area (Å²) in [6.07, 6.45) is 14.3. The van der Waals surface area contributed by atoms with E-state index < -0.39 is 0 Å². The van der Waals surface area contributed by atoms with Gasteiger partial charge >= 0.3 is 0 Å². The molecule has 0 amide bonds. The first-order valence-electron chi connectivity index (χ1n) is 13.1. The van der Waals surface area contributed by atoms with Crippen molar-refractivity contribution < 1.29 is 4.74 Å². The SMILES string of the molecule is Cc1c(C)c2c(c(C)c1N)CC[C@](C)(CCC[C@@H](C)CCC[C@@H](C)CCCC(C)C)O2. The Hall–Kier alpha value is -1.18. The van der Waals surface area contributed by atoms with Crippen LogP contribution >= 0.6 is 0 Å². The van der Waals surface area contributed by atoms with Crippen LogP contribution in [0.3, 0.4) is 0 Å². The third-order valence-corrected chi connectivity index (χ3v) is 7.96. The van der Waals surface area contributed by atoms with Gasteiger partial charge < -0.3 is 10.5 Å². The number of benzene rings is 1. The van der Waals surface area contributed by atoms with E-state index in [1.807, 2.05) is 0 Å². The first-order chi connectivity index (χ1) is 14.5. The molecule has 0 aliphatic carbocycles. The Balaban J connectivity index is 1.74. The van der Waals surface area contributed by atoms with Crippen molar-refractivity contribution in [2.75, 3.05) is 5.73 Å². The van der Waals surface area contributed by atoms with Crippen LogP contribution in [-0.2, 0) is 6.42 Å². The highest BCUT2D eigenvalue weighted by atomic mass is 16.5. The standard InChI is InChI=1S/C29H51NO/c1-20(2)12-9-13-21(3)14-10-15-22(4)16-11-18-29(8)19-17-26-25(7)27(30)23(5)24(6)28(26)31-29/h20-22H,9-19,30H2,1-8H3/t21-,22-,29-/m0/s1. The average molecular weight is 430 g/mol. The lowest BCUT2D eigenvalue weighted by atomic mass is 9.83. The Morgan fingerprint density at radius 2 is 1.35 bits per heavy atom. The molecule has 178 valence electrons. The van der Waals surface area contributed by atoms with Crippen molar-refractivity contribution >= 4 is 5.69 Å². The molecular formula is C29H51NO.